The lowest BCUT2D eigenvalue weighted by molar-refractivity contribution is -0.151. The van der Waals surface area contributed by atoms with Crippen molar-refractivity contribution in [2.45, 2.75) is 50.4 Å². The first-order valence-electron chi connectivity index (χ1n) is 10.9. The summed E-state index contributed by atoms with van der Waals surface area (Å²) < 4.78 is 5.84. The molecule has 4 aliphatic heterocycles. The quantitative estimate of drug-likeness (QED) is 0.381. The number of nitrogens with one attached hydrogen (secondary N) is 3. The largest absolute Gasteiger partial charge is 0.384 e. The van der Waals surface area contributed by atoms with Crippen LogP contribution in [0.5, 0.6) is 0 Å². The molecule has 1 aromatic heterocycles. The molecule has 1 amide bonds. The van der Waals surface area contributed by atoms with Crippen molar-refractivity contribution in [3.63, 3.8) is 0 Å². The van der Waals surface area contributed by atoms with Gasteiger partial charge in [0.2, 0.25) is 5.91 Å². The summed E-state index contributed by atoms with van der Waals surface area (Å²) in [7, 11) is 1.85. The first-order chi connectivity index (χ1) is 14.8. The fourth-order valence-corrected chi connectivity index (χ4v) is 5.89. The number of halogens is 1. The van der Waals surface area contributed by atoms with Crippen LogP contribution in [0.4, 0.5) is 5.82 Å². The van der Waals surface area contributed by atoms with Crippen LogP contribution in [0.25, 0.3) is 0 Å². The van der Waals surface area contributed by atoms with E-state index in [-0.39, 0.29) is 47.9 Å². The number of fused-ring (bicyclic) bond motifs is 1. The fourth-order valence-electron chi connectivity index (χ4n) is 5.61. The van der Waals surface area contributed by atoms with Gasteiger partial charge in [0, 0.05) is 37.2 Å². The molecular weight excluding hydrogens is 420 g/mol. The van der Waals surface area contributed by atoms with Crippen LogP contribution in [-0.2, 0) is 9.53 Å². The molecule has 170 valence electrons. The van der Waals surface area contributed by atoms with E-state index in [4.69, 9.17) is 27.8 Å². The Labute approximate surface area is 186 Å². The number of nitrogen functional groups attached to an aromatic ring is 1. The number of hydrogen-bond donors (Lipinski definition) is 5. The predicted molar refractivity (Wildman–Crippen MR) is 116 cm³/mol. The lowest BCUT2D eigenvalue weighted by Crippen LogP contribution is -2.70. The molecule has 5 heterocycles. The van der Waals surface area contributed by atoms with E-state index in [2.05, 4.69) is 33.0 Å². The number of carbonyl (C=O) groups is 1. The van der Waals surface area contributed by atoms with Gasteiger partial charge in [-0.15, -0.1) is 0 Å². The number of anilines is 1. The van der Waals surface area contributed by atoms with Crippen molar-refractivity contribution >= 4 is 23.3 Å². The third-order valence-electron chi connectivity index (χ3n) is 7.66. The van der Waals surface area contributed by atoms with Gasteiger partial charge in [-0.25, -0.2) is 15.8 Å². The lowest BCUT2D eigenvalue weighted by Gasteiger charge is -2.49. The predicted octanol–water partition coefficient (Wildman–Crippen LogP) is -0.418. The molecule has 4 fully saturated rings. The zero-order valence-electron chi connectivity index (χ0n) is 17.8. The van der Waals surface area contributed by atoms with Gasteiger partial charge in [-0.05, 0) is 25.8 Å². The van der Waals surface area contributed by atoms with Crippen molar-refractivity contribution in [2.75, 3.05) is 32.5 Å². The second-order valence-electron chi connectivity index (χ2n) is 9.32. The van der Waals surface area contributed by atoms with Gasteiger partial charge in [-0.3, -0.25) is 15.0 Å². The molecule has 0 radical (unpaired) electrons. The van der Waals surface area contributed by atoms with Gasteiger partial charge in [0.1, 0.15) is 17.3 Å². The number of hydrazine groups is 1. The van der Waals surface area contributed by atoms with Crippen LogP contribution in [0.1, 0.15) is 31.4 Å². The van der Waals surface area contributed by atoms with Gasteiger partial charge in [-0.1, -0.05) is 17.7 Å². The Kier molecular flexibility index (Phi) is 5.37. The Balaban J connectivity index is 1.29. The summed E-state index contributed by atoms with van der Waals surface area (Å²) in [5.41, 5.74) is 19.4. The van der Waals surface area contributed by atoms with Crippen molar-refractivity contribution in [3.05, 3.63) is 22.8 Å². The summed E-state index contributed by atoms with van der Waals surface area (Å²) in [6, 6.07) is 3.29. The van der Waals surface area contributed by atoms with Gasteiger partial charge >= 0.3 is 0 Å². The van der Waals surface area contributed by atoms with Crippen molar-refractivity contribution in [1.29, 1.82) is 0 Å². The van der Waals surface area contributed by atoms with Crippen molar-refractivity contribution < 1.29 is 9.53 Å². The van der Waals surface area contributed by atoms with E-state index in [1.165, 1.54) is 0 Å². The van der Waals surface area contributed by atoms with Gasteiger partial charge in [0.05, 0.1) is 30.8 Å². The third-order valence-corrected chi connectivity index (χ3v) is 7.96. The highest BCUT2D eigenvalue weighted by atomic mass is 35.5. The number of rotatable bonds is 2. The zero-order valence-corrected chi connectivity index (χ0v) is 18.6. The molecule has 5 rings (SSSR count). The van der Waals surface area contributed by atoms with E-state index in [0.29, 0.717) is 11.0 Å². The maximum Gasteiger partial charge on any atom is 0.232 e. The van der Waals surface area contributed by atoms with Gasteiger partial charge < -0.3 is 21.1 Å². The molecule has 11 heteroatoms. The van der Waals surface area contributed by atoms with Crippen LogP contribution in [-0.4, -0.2) is 72.0 Å². The summed E-state index contributed by atoms with van der Waals surface area (Å²) in [5, 5.41) is 3.91. The van der Waals surface area contributed by atoms with Crippen LogP contribution in [0.3, 0.4) is 0 Å². The minimum absolute atomic E-state index is 0.0485. The minimum atomic E-state index is -0.349. The Hall–Kier alpha value is -1.53. The first kappa shape index (κ1) is 21.3. The van der Waals surface area contributed by atoms with Crippen LogP contribution < -0.4 is 27.6 Å². The number of piperidine rings is 1. The Morgan fingerprint density at radius 3 is 2.68 bits per heavy atom. The highest BCUT2D eigenvalue weighted by Crippen LogP contribution is 2.42. The summed E-state index contributed by atoms with van der Waals surface area (Å²) in [6.07, 6.45) is 1.63. The number of amides is 1. The molecule has 0 aliphatic carbocycles. The number of pyridine rings is 1. The molecule has 7 N–H and O–H groups in total. The number of aromatic nitrogens is 1. The smallest absolute Gasteiger partial charge is 0.232 e. The molecule has 6 atom stereocenters. The molecule has 4 aliphatic rings. The van der Waals surface area contributed by atoms with Gasteiger partial charge in [-0.2, -0.15) is 0 Å². The maximum atomic E-state index is 13.4. The van der Waals surface area contributed by atoms with Crippen molar-refractivity contribution in [1.82, 2.24) is 31.0 Å². The van der Waals surface area contributed by atoms with Crippen LogP contribution in [0.2, 0.25) is 5.15 Å². The normalized spacial score (nSPS) is 38.1. The van der Waals surface area contributed by atoms with Gasteiger partial charge in [0.15, 0.2) is 0 Å². The number of likely N-dealkylation sites (tertiary alicyclic amines) is 1. The molecule has 1 aromatic rings. The second kappa shape index (κ2) is 7.80. The number of hydrogen-bond acceptors (Lipinski definition) is 9. The third kappa shape index (κ3) is 3.41. The summed E-state index contributed by atoms with van der Waals surface area (Å²) >= 11 is 6.32. The van der Waals surface area contributed by atoms with Crippen molar-refractivity contribution in [3.8, 4) is 0 Å². The highest BCUT2D eigenvalue weighted by Gasteiger charge is 2.52. The summed E-state index contributed by atoms with van der Waals surface area (Å²) in [6.45, 7) is 4.51. The first-order valence-corrected chi connectivity index (χ1v) is 11.3. The number of ether oxygens (including phenoxy) is 1. The van der Waals surface area contributed by atoms with E-state index in [1.807, 2.05) is 13.1 Å². The zero-order chi connectivity index (χ0) is 21.9. The highest BCUT2D eigenvalue weighted by molar-refractivity contribution is 6.30. The second-order valence-corrected chi connectivity index (χ2v) is 9.67. The lowest BCUT2D eigenvalue weighted by atomic mass is 9.73. The van der Waals surface area contributed by atoms with E-state index >= 15 is 0 Å². The number of nitrogens with two attached hydrogens (primary N) is 2. The Morgan fingerprint density at radius 2 is 2.03 bits per heavy atom. The monoisotopic (exact) mass is 450 g/mol. The fraction of sp³-hybridized carbons (Fsp3) is 0.700. The van der Waals surface area contributed by atoms with Gasteiger partial charge in [0.25, 0.3) is 0 Å². The number of nitrogens with zero attached hydrogens (tertiary/aromatic N) is 3. The maximum absolute atomic E-state index is 13.4. The van der Waals surface area contributed by atoms with E-state index in [9.17, 15) is 4.79 Å². The topological polar surface area (TPSA) is 134 Å². The molecule has 0 saturated carbocycles. The number of carbonyl (C=O) groups excluding carboxylic acids is 1. The SMILES string of the molecule is C[C@@H]1OCC2(CCN(C3NC4NNC(c5ccc(N)nc5Cl)C4C(=O)N3C)CC2)[C@@H]1N. The van der Waals surface area contributed by atoms with E-state index in [0.717, 1.165) is 38.1 Å². The summed E-state index contributed by atoms with van der Waals surface area (Å²) in [4.78, 5) is 21.7. The molecule has 0 bridgehead atoms. The Morgan fingerprint density at radius 1 is 1.29 bits per heavy atom. The molecule has 4 saturated heterocycles. The minimum Gasteiger partial charge on any atom is -0.384 e. The van der Waals surface area contributed by atoms with Crippen molar-refractivity contribution in [2.24, 2.45) is 17.1 Å². The average Bonchev–Trinajstić information content (AvgIpc) is 3.29. The molecule has 0 aromatic carbocycles. The Bertz CT molecular complexity index is 864. The van der Waals surface area contributed by atoms with E-state index in [1.54, 1.807) is 11.0 Å². The average molecular weight is 451 g/mol. The molecular formula is C20H31ClN8O2. The molecule has 4 unspecified atom stereocenters. The molecule has 31 heavy (non-hydrogen) atoms. The van der Waals surface area contributed by atoms with Crippen LogP contribution in [0, 0.1) is 11.3 Å². The molecule has 10 nitrogen and oxygen atoms in total. The molecule has 1 spiro atoms. The summed E-state index contributed by atoms with van der Waals surface area (Å²) in [5.74, 6) is 0.0583. The van der Waals surface area contributed by atoms with Crippen LogP contribution in [0.15, 0.2) is 12.1 Å². The van der Waals surface area contributed by atoms with Crippen LogP contribution >= 0.6 is 11.6 Å². The van der Waals surface area contributed by atoms with E-state index < -0.39 is 0 Å². The standard InChI is InChI=1S/C20H31ClN8O2/c1-10-15(23)20(9-31-10)5-7-29(8-6-20)19-25-17-13(18(30)28(19)2)14(26-27-17)11-3-4-12(22)24-16(11)21/h3-4,10,13-15,17,19,25-27H,5-9,23H2,1-2H3,(H2,22,24)/t10-,13?,14?,15+,17?,19?/m0/s1.